The summed E-state index contributed by atoms with van der Waals surface area (Å²) in [4.78, 5) is 18.5. The molecule has 2 heterocycles. The minimum absolute atomic E-state index is 0.148. The average Bonchev–Trinajstić information content (AvgIpc) is 3.17. The maximum Gasteiger partial charge on any atom is 0.337 e. The molecule has 0 unspecified atom stereocenters. The van der Waals surface area contributed by atoms with Gasteiger partial charge < -0.3 is 18.6 Å². The Balaban J connectivity index is 1.48. The van der Waals surface area contributed by atoms with Crippen molar-refractivity contribution in [2.45, 2.75) is 26.4 Å². The summed E-state index contributed by atoms with van der Waals surface area (Å²) in [5.74, 6) is 2.52. The molecule has 0 spiro atoms. The number of hydrogen-bond acceptors (Lipinski definition) is 7. The van der Waals surface area contributed by atoms with Crippen LogP contribution in [0.4, 0.5) is 0 Å². The molecule has 7 nitrogen and oxygen atoms in total. The van der Waals surface area contributed by atoms with E-state index in [1.807, 2.05) is 31.2 Å². The van der Waals surface area contributed by atoms with Crippen LogP contribution >= 0.6 is 0 Å². The average molecular weight is 422 g/mol. The molecule has 3 aromatic rings. The second-order valence-electron chi connectivity index (χ2n) is 7.59. The lowest BCUT2D eigenvalue weighted by Crippen LogP contribution is -2.23. The molecular formula is C24H26N2O5. The maximum atomic E-state index is 11.6. The molecule has 0 N–H and O–H groups in total. The summed E-state index contributed by atoms with van der Waals surface area (Å²) in [5, 5.41) is 0. The molecule has 0 aliphatic carbocycles. The van der Waals surface area contributed by atoms with Gasteiger partial charge in [-0.15, -0.1) is 0 Å². The molecule has 0 saturated heterocycles. The summed E-state index contributed by atoms with van der Waals surface area (Å²) in [6.07, 6.45) is 0. The Bertz CT molecular complexity index is 1070. The summed E-state index contributed by atoms with van der Waals surface area (Å²) >= 11 is 0. The number of carbonyl (C=O) groups is 1. The van der Waals surface area contributed by atoms with Gasteiger partial charge in [0, 0.05) is 18.2 Å². The molecule has 0 radical (unpaired) electrons. The predicted molar refractivity (Wildman–Crippen MR) is 115 cm³/mol. The summed E-state index contributed by atoms with van der Waals surface area (Å²) in [5.41, 5.74) is 3.32. The van der Waals surface area contributed by atoms with Crippen molar-refractivity contribution >= 4 is 5.97 Å². The van der Waals surface area contributed by atoms with Gasteiger partial charge in [-0.1, -0.05) is 6.07 Å². The number of oxazole rings is 1. The maximum absolute atomic E-state index is 11.6. The Morgan fingerprint density at radius 2 is 1.84 bits per heavy atom. The fraction of sp³-hybridized carbons (Fsp3) is 0.333. The van der Waals surface area contributed by atoms with Gasteiger partial charge in [0.2, 0.25) is 5.89 Å². The summed E-state index contributed by atoms with van der Waals surface area (Å²) in [7, 11) is 3.42. The van der Waals surface area contributed by atoms with Gasteiger partial charge in [-0.3, -0.25) is 4.90 Å². The van der Waals surface area contributed by atoms with E-state index in [1.54, 1.807) is 12.1 Å². The molecule has 7 heteroatoms. The summed E-state index contributed by atoms with van der Waals surface area (Å²) in [6, 6.07) is 13.2. The van der Waals surface area contributed by atoms with Crippen LogP contribution in [0.25, 0.3) is 11.5 Å². The molecule has 1 aliphatic rings. The highest BCUT2D eigenvalue weighted by Gasteiger charge is 2.20. The van der Waals surface area contributed by atoms with Crippen LogP contribution in [0.5, 0.6) is 11.5 Å². The molecule has 0 amide bonds. The molecule has 1 atom stereocenters. The highest BCUT2D eigenvalue weighted by molar-refractivity contribution is 5.89. The second kappa shape index (κ2) is 8.81. The predicted octanol–water partition coefficient (Wildman–Crippen LogP) is 4.40. The lowest BCUT2D eigenvalue weighted by Gasteiger charge is -2.26. The number of esters is 1. The SMILES string of the molecule is COC(=O)c1ccc(-c2nc(CN(C)[C@@H](C)c3ccc4c(c3)OCCO4)c(C)o2)cc1. The molecule has 31 heavy (non-hydrogen) atoms. The van der Waals surface area contributed by atoms with Crippen LogP contribution < -0.4 is 9.47 Å². The van der Waals surface area contributed by atoms with Gasteiger partial charge in [0.15, 0.2) is 11.5 Å². The van der Waals surface area contributed by atoms with Crippen LogP contribution in [0.15, 0.2) is 46.9 Å². The molecule has 162 valence electrons. The van der Waals surface area contributed by atoms with Crippen molar-refractivity contribution < 1.29 is 23.4 Å². The highest BCUT2D eigenvalue weighted by atomic mass is 16.6. The quantitative estimate of drug-likeness (QED) is 0.545. The van der Waals surface area contributed by atoms with Crippen LogP contribution in [-0.2, 0) is 11.3 Å². The lowest BCUT2D eigenvalue weighted by molar-refractivity contribution is 0.0600. The second-order valence-corrected chi connectivity index (χ2v) is 7.59. The van der Waals surface area contributed by atoms with Crippen molar-refractivity contribution in [1.29, 1.82) is 0 Å². The molecular weight excluding hydrogens is 396 g/mol. The minimum atomic E-state index is -0.370. The van der Waals surface area contributed by atoms with Gasteiger partial charge in [-0.05, 0) is 62.9 Å². The first-order valence-electron chi connectivity index (χ1n) is 10.2. The molecule has 1 aliphatic heterocycles. The number of aromatic nitrogens is 1. The smallest absolute Gasteiger partial charge is 0.337 e. The fourth-order valence-electron chi connectivity index (χ4n) is 3.51. The number of hydrogen-bond donors (Lipinski definition) is 0. The third kappa shape index (κ3) is 4.41. The van der Waals surface area contributed by atoms with E-state index in [9.17, 15) is 4.79 Å². The standard InChI is InChI=1S/C24H26N2O5/c1-15(19-9-10-21-22(13-19)30-12-11-29-21)26(3)14-20-16(2)31-23(25-20)17-5-7-18(8-6-17)24(27)28-4/h5-10,13,15H,11-12,14H2,1-4H3/t15-/m0/s1. The number of benzene rings is 2. The van der Waals surface area contributed by atoms with Crippen molar-refractivity contribution in [3.05, 3.63) is 65.0 Å². The number of methoxy groups -OCH3 is 1. The van der Waals surface area contributed by atoms with Crippen LogP contribution in [0.3, 0.4) is 0 Å². The van der Waals surface area contributed by atoms with E-state index >= 15 is 0 Å². The zero-order valence-electron chi connectivity index (χ0n) is 18.2. The first-order chi connectivity index (χ1) is 15.0. The Hall–Kier alpha value is -3.32. The van der Waals surface area contributed by atoms with Crippen molar-refractivity contribution in [2.75, 3.05) is 27.4 Å². The van der Waals surface area contributed by atoms with E-state index in [4.69, 9.17) is 23.6 Å². The number of carbonyl (C=O) groups excluding carboxylic acids is 1. The van der Waals surface area contributed by atoms with E-state index < -0.39 is 0 Å². The third-order valence-corrected chi connectivity index (χ3v) is 5.55. The normalized spacial score (nSPS) is 13.8. The fourth-order valence-corrected chi connectivity index (χ4v) is 3.51. The zero-order valence-corrected chi connectivity index (χ0v) is 18.2. The number of rotatable bonds is 6. The zero-order chi connectivity index (χ0) is 22.0. The molecule has 0 fully saturated rings. The Kier molecular flexibility index (Phi) is 5.95. The van der Waals surface area contributed by atoms with Gasteiger partial charge in [-0.2, -0.15) is 0 Å². The van der Waals surface area contributed by atoms with Gasteiger partial charge >= 0.3 is 5.97 Å². The Labute approximate surface area is 181 Å². The van der Waals surface area contributed by atoms with Crippen LogP contribution in [-0.4, -0.2) is 43.2 Å². The van der Waals surface area contributed by atoms with Crippen LogP contribution in [0.2, 0.25) is 0 Å². The lowest BCUT2D eigenvalue weighted by atomic mass is 10.1. The van der Waals surface area contributed by atoms with Gasteiger partial charge in [0.1, 0.15) is 19.0 Å². The van der Waals surface area contributed by atoms with E-state index in [-0.39, 0.29) is 12.0 Å². The Morgan fingerprint density at radius 3 is 2.55 bits per heavy atom. The summed E-state index contributed by atoms with van der Waals surface area (Å²) < 4.78 is 22.0. The molecule has 0 bridgehead atoms. The molecule has 2 aromatic carbocycles. The van der Waals surface area contributed by atoms with Crippen molar-refractivity contribution in [2.24, 2.45) is 0 Å². The largest absolute Gasteiger partial charge is 0.486 e. The van der Waals surface area contributed by atoms with E-state index in [2.05, 4.69) is 24.9 Å². The first-order valence-corrected chi connectivity index (χ1v) is 10.2. The third-order valence-electron chi connectivity index (χ3n) is 5.55. The van der Waals surface area contributed by atoms with E-state index in [0.29, 0.717) is 31.2 Å². The van der Waals surface area contributed by atoms with Gasteiger partial charge in [0.05, 0.1) is 18.4 Å². The number of fused-ring (bicyclic) bond motifs is 1. The van der Waals surface area contributed by atoms with Crippen LogP contribution in [0.1, 0.15) is 40.3 Å². The minimum Gasteiger partial charge on any atom is -0.486 e. The van der Waals surface area contributed by atoms with Gasteiger partial charge in [-0.25, -0.2) is 9.78 Å². The van der Waals surface area contributed by atoms with E-state index in [1.165, 1.54) is 7.11 Å². The van der Waals surface area contributed by atoms with Crippen molar-refractivity contribution in [3.8, 4) is 23.0 Å². The number of ether oxygens (including phenoxy) is 3. The monoisotopic (exact) mass is 422 g/mol. The van der Waals surface area contributed by atoms with Crippen molar-refractivity contribution in [3.63, 3.8) is 0 Å². The first kappa shape index (κ1) is 20.9. The number of nitrogens with zero attached hydrogens (tertiary/aromatic N) is 2. The summed E-state index contributed by atoms with van der Waals surface area (Å²) in [6.45, 7) is 5.85. The Morgan fingerprint density at radius 1 is 1.13 bits per heavy atom. The molecule has 4 rings (SSSR count). The molecule has 0 saturated carbocycles. The molecule has 1 aromatic heterocycles. The van der Waals surface area contributed by atoms with Crippen LogP contribution in [0, 0.1) is 6.92 Å². The van der Waals surface area contributed by atoms with Gasteiger partial charge in [0.25, 0.3) is 0 Å². The van der Waals surface area contributed by atoms with Crippen molar-refractivity contribution in [1.82, 2.24) is 9.88 Å². The highest BCUT2D eigenvalue weighted by Crippen LogP contribution is 2.34. The topological polar surface area (TPSA) is 74.0 Å². The number of aryl methyl sites for hydroxylation is 1. The van der Waals surface area contributed by atoms with E-state index in [0.717, 1.165) is 34.1 Å².